The topological polar surface area (TPSA) is 273 Å². The third-order valence-corrected chi connectivity index (χ3v) is 17.5. The third-order valence-electron chi connectivity index (χ3n) is 16.2. The SMILES string of the molecule is CNC(=O)c1ccc(-c2nc(OC)ccc2-c2nc(N(C)C)ccc2-c2nc(NC(C)=O)ccc2-c2nc(N3CCOCC3)ccc2C2=CC(c3ccc(N4CCN(C)CC4)nc3)N=CC2)c(-c2ccc(S(=O)(=O)NC)nc2-c2ccc(C)nc2Oc2ccncc2)n1. The van der Waals surface area contributed by atoms with E-state index in [-0.39, 0.29) is 62.9 Å². The molecule has 1 atom stereocenters. The Bertz CT molecular complexity index is 4480. The van der Waals surface area contributed by atoms with Gasteiger partial charge in [0.15, 0.2) is 5.03 Å². The minimum absolute atomic E-state index is 0.0231. The summed E-state index contributed by atoms with van der Waals surface area (Å²) in [5.41, 5.74) is 7.90. The van der Waals surface area contributed by atoms with Gasteiger partial charge < -0.3 is 44.4 Å². The number of nitrogens with one attached hydrogen (secondary N) is 3. The molecule has 474 valence electrons. The first-order valence-electron chi connectivity index (χ1n) is 30.3. The molecule has 24 nitrogen and oxygen atoms in total. The van der Waals surface area contributed by atoms with Crippen molar-refractivity contribution in [3.05, 3.63) is 156 Å². The number of aliphatic imine (C=N–C) groups is 1. The van der Waals surface area contributed by atoms with Crippen molar-refractivity contribution in [2.24, 2.45) is 4.99 Å². The maximum Gasteiger partial charge on any atom is 0.269 e. The monoisotopic (exact) mass is 1270 g/mol. The molecule has 0 saturated carbocycles. The number of carbonyl (C=O) groups is 2. The molecule has 12 heterocycles. The fraction of sp³-hybridized carbons (Fsp3) is 0.265. The van der Waals surface area contributed by atoms with Crippen LogP contribution in [0.1, 0.15) is 46.7 Å². The summed E-state index contributed by atoms with van der Waals surface area (Å²) in [6.45, 7) is 9.28. The van der Waals surface area contributed by atoms with Crippen LogP contribution in [0.4, 0.5) is 23.3 Å². The average Bonchev–Trinajstić information content (AvgIpc) is 0.766. The number of aromatic nitrogens is 9. The first-order valence-corrected chi connectivity index (χ1v) is 31.8. The van der Waals surface area contributed by atoms with E-state index in [4.69, 9.17) is 59.1 Å². The zero-order chi connectivity index (χ0) is 64.9. The van der Waals surface area contributed by atoms with Gasteiger partial charge in [0.05, 0.1) is 66.1 Å². The second-order valence-electron chi connectivity index (χ2n) is 22.6. The van der Waals surface area contributed by atoms with Gasteiger partial charge in [0.2, 0.25) is 17.7 Å². The number of morpholine rings is 1. The molecule has 0 radical (unpaired) electrons. The summed E-state index contributed by atoms with van der Waals surface area (Å²) in [5, 5.41) is 5.32. The molecule has 3 aliphatic heterocycles. The standard InChI is InChI=1S/C68H69N17O7S/c1-41-9-11-52(68(74-41)92-45-26-28-71-29-27-45)66-51(17-24-60(81-66)93(88,89)70-4)62-47(12-18-53(76-62)67(87)69-3)65-50(16-23-59(80-65)90-8)64-49(15-21-57(78-64)82(5)6)63-48(13-19-55(77-63)75-42(2)86)61-46(14-22-58(79-61)85-35-37-91-38-36-85)43-25-30-72-54(39-43)44-10-20-56(73-40-44)84-33-31-83(7)32-34-84/h9-24,26-30,39-40,54,70H,25,31-38H2,1-8H3,(H,69,87)(H,75,77,86). The van der Waals surface area contributed by atoms with Crippen LogP contribution in [0.15, 0.2) is 144 Å². The Morgan fingerprint density at radius 2 is 1.27 bits per heavy atom. The summed E-state index contributed by atoms with van der Waals surface area (Å²) >= 11 is 0. The van der Waals surface area contributed by atoms with Crippen LogP contribution in [0.25, 0.3) is 73.1 Å². The Kier molecular flexibility index (Phi) is 18.3. The predicted molar refractivity (Wildman–Crippen MR) is 358 cm³/mol. The molecule has 3 aliphatic rings. The fourth-order valence-electron chi connectivity index (χ4n) is 11.3. The molecule has 1 unspecified atom stereocenters. The molecule has 12 rings (SSSR count). The maximum absolute atomic E-state index is 13.8. The molecule has 2 saturated heterocycles. The molecule has 93 heavy (non-hydrogen) atoms. The van der Waals surface area contributed by atoms with Crippen LogP contribution >= 0.6 is 0 Å². The smallest absolute Gasteiger partial charge is 0.269 e. The minimum Gasteiger partial charge on any atom is -0.481 e. The number of amides is 2. The van der Waals surface area contributed by atoms with E-state index in [1.165, 1.54) is 34.2 Å². The lowest BCUT2D eigenvalue weighted by molar-refractivity contribution is -0.114. The minimum atomic E-state index is -4.17. The van der Waals surface area contributed by atoms with Crippen LogP contribution in [-0.4, -0.2) is 171 Å². The number of hydrogen-bond donors (Lipinski definition) is 3. The van der Waals surface area contributed by atoms with E-state index >= 15 is 0 Å². The van der Waals surface area contributed by atoms with E-state index in [0.29, 0.717) is 94.9 Å². The highest BCUT2D eigenvalue weighted by Gasteiger charge is 2.30. The van der Waals surface area contributed by atoms with Gasteiger partial charge in [-0.25, -0.2) is 53.0 Å². The predicted octanol–water partition coefficient (Wildman–Crippen LogP) is 8.83. The summed E-state index contributed by atoms with van der Waals surface area (Å²) in [4.78, 5) is 85.9. The van der Waals surface area contributed by atoms with Gasteiger partial charge >= 0.3 is 0 Å². The van der Waals surface area contributed by atoms with Crippen LogP contribution < -0.4 is 39.5 Å². The van der Waals surface area contributed by atoms with Crippen LogP contribution in [-0.2, 0) is 19.6 Å². The van der Waals surface area contributed by atoms with Gasteiger partial charge in [-0.1, -0.05) is 12.1 Å². The van der Waals surface area contributed by atoms with Crippen LogP contribution in [0.2, 0.25) is 0 Å². The van der Waals surface area contributed by atoms with E-state index in [1.54, 1.807) is 73.9 Å². The molecular weight excluding hydrogens is 1200 g/mol. The number of likely N-dealkylation sites (N-methyl/N-ethyl adjacent to an activating group) is 1. The lowest BCUT2D eigenvalue weighted by Crippen LogP contribution is -2.44. The van der Waals surface area contributed by atoms with Crippen LogP contribution in [0, 0.1) is 6.92 Å². The average molecular weight is 1270 g/mol. The van der Waals surface area contributed by atoms with Crippen molar-refractivity contribution in [3.63, 3.8) is 0 Å². The molecule has 2 amide bonds. The van der Waals surface area contributed by atoms with Gasteiger partial charge in [0.25, 0.3) is 15.9 Å². The first kappa shape index (κ1) is 62.7. The van der Waals surface area contributed by atoms with Crippen molar-refractivity contribution >= 4 is 56.9 Å². The highest BCUT2D eigenvalue weighted by molar-refractivity contribution is 7.89. The second kappa shape index (κ2) is 27.2. The number of piperazine rings is 1. The maximum atomic E-state index is 13.8. The summed E-state index contributed by atoms with van der Waals surface area (Å²) < 4.78 is 48.0. The number of dihydropyridines is 1. The van der Waals surface area contributed by atoms with Crippen molar-refractivity contribution in [3.8, 4) is 85.1 Å². The van der Waals surface area contributed by atoms with Gasteiger partial charge in [-0.3, -0.25) is 19.6 Å². The number of carbonyl (C=O) groups excluding carboxylic acids is 2. The Morgan fingerprint density at radius 3 is 1.96 bits per heavy atom. The molecule has 0 aromatic carbocycles. The van der Waals surface area contributed by atoms with Gasteiger partial charge in [-0.05, 0) is 129 Å². The summed E-state index contributed by atoms with van der Waals surface area (Å²) in [5.74, 6) is 2.41. The molecule has 9 aromatic heterocycles. The van der Waals surface area contributed by atoms with Gasteiger partial charge in [-0.2, -0.15) is 0 Å². The number of aryl methyl sites for hydroxylation is 1. The molecule has 3 N–H and O–H groups in total. The molecule has 9 aromatic rings. The van der Waals surface area contributed by atoms with E-state index in [2.05, 4.69) is 66.4 Å². The Morgan fingerprint density at radius 1 is 0.645 bits per heavy atom. The second-order valence-corrected chi connectivity index (χ2v) is 24.4. The Hall–Kier alpha value is -10.5. The first-order chi connectivity index (χ1) is 45.1. The number of allylic oxidation sites excluding steroid dienone is 1. The summed E-state index contributed by atoms with van der Waals surface area (Å²) in [6.07, 6.45) is 9.70. The van der Waals surface area contributed by atoms with Crippen molar-refractivity contribution < 1.29 is 32.2 Å². The summed E-state index contributed by atoms with van der Waals surface area (Å²) in [6, 6.07) is 32.1. The number of methoxy groups -OCH3 is 1. The summed E-state index contributed by atoms with van der Waals surface area (Å²) in [7, 11) is 6.04. The molecular formula is C68H69N17O7S. The van der Waals surface area contributed by atoms with E-state index < -0.39 is 15.9 Å². The van der Waals surface area contributed by atoms with Crippen molar-refractivity contribution in [2.45, 2.75) is 31.3 Å². The van der Waals surface area contributed by atoms with E-state index in [9.17, 15) is 18.0 Å². The number of anilines is 4. The van der Waals surface area contributed by atoms with E-state index in [1.807, 2.05) is 61.7 Å². The number of ether oxygens (including phenoxy) is 3. The quantitative estimate of drug-likeness (QED) is 0.0723. The molecule has 2 fully saturated rings. The van der Waals surface area contributed by atoms with Crippen molar-refractivity contribution in [2.75, 3.05) is 115 Å². The lowest BCUT2D eigenvalue weighted by Gasteiger charge is -2.33. The lowest BCUT2D eigenvalue weighted by atomic mass is 9.90. The molecule has 0 spiro atoms. The van der Waals surface area contributed by atoms with Gasteiger partial charge in [-0.15, -0.1) is 0 Å². The highest BCUT2D eigenvalue weighted by Crippen LogP contribution is 2.47. The number of sulfonamides is 1. The Labute approximate surface area is 539 Å². The van der Waals surface area contributed by atoms with Crippen molar-refractivity contribution in [1.29, 1.82) is 0 Å². The van der Waals surface area contributed by atoms with Crippen LogP contribution in [0.3, 0.4) is 0 Å². The van der Waals surface area contributed by atoms with Crippen LogP contribution in [0.5, 0.6) is 17.5 Å². The Balaban J connectivity index is 1.08. The fourth-order valence-corrected chi connectivity index (χ4v) is 12.0. The largest absolute Gasteiger partial charge is 0.481 e. The number of pyridine rings is 9. The normalized spacial score (nSPS) is 15.1. The van der Waals surface area contributed by atoms with Gasteiger partial charge in [0.1, 0.15) is 34.7 Å². The zero-order valence-electron chi connectivity index (χ0n) is 52.7. The van der Waals surface area contributed by atoms with Gasteiger partial charge in [0, 0.05) is 144 Å². The molecule has 25 heteroatoms. The van der Waals surface area contributed by atoms with Crippen molar-refractivity contribution in [1.82, 2.24) is 59.8 Å². The number of rotatable bonds is 18. The van der Waals surface area contributed by atoms with E-state index in [0.717, 1.165) is 54.5 Å². The number of hydrogen-bond acceptors (Lipinski definition) is 21. The number of nitrogens with zero attached hydrogens (tertiary/aromatic N) is 14. The zero-order valence-corrected chi connectivity index (χ0v) is 53.6. The molecule has 0 aliphatic carbocycles. The third kappa shape index (κ3) is 13.5. The highest BCUT2D eigenvalue weighted by atomic mass is 32.2. The molecule has 0 bridgehead atoms.